The molecule has 0 aliphatic rings. The number of hydrogen-bond donors (Lipinski definition) is 2. The van der Waals surface area contributed by atoms with Crippen LogP contribution < -0.4 is 14.8 Å². The van der Waals surface area contributed by atoms with E-state index in [9.17, 15) is 5.11 Å². The molecule has 0 aliphatic heterocycles. The molecule has 2 heterocycles. The maximum Gasteiger partial charge on any atom is 0.164 e. The maximum atomic E-state index is 9.63. The number of rotatable bonds is 8. The predicted molar refractivity (Wildman–Crippen MR) is 137 cm³/mol. The Kier molecular flexibility index (Phi) is 6.63. The third-order valence-electron chi connectivity index (χ3n) is 5.22. The lowest BCUT2D eigenvalue weighted by atomic mass is 10.2. The molecule has 35 heavy (non-hydrogen) atoms. The number of phenols is 1. The fourth-order valence-corrected chi connectivity index (χ4v) is 4.36. The first-order valence-electron chi connectivity index (χ1n) is 10.9. The van der Waals surface area contributed by atoms with E-state index in [4.69, 9.17) is 9.47 Å². The quantitative estimate of drug-likeness (QED) is 0.270. The molecule has 0 radical (unpaired) electrons. The predicted octanol–water partition coefficient (Wildman–Crippen LogP) is 6.21. The Bertz CT molecular complexity index is 1460. The highest BCUT2D eigenvalue weighted by Crippen LogP contribution is 2.38. The number of ether oxygens (including phenoxy) is 2. The molecule has 0 spiro atoms. The second kappa shape index (κ2) is 10.3. The summed E-state index contributed by atoms with van der Waals surface area (Å²) >= 11 is 1.57. The molecule has 2 aromatic heterocycles. The van der Waals surface area contributed by atoms with E-state index in [1.54, 1.807) is 37.2 Å². The lowest BCUT2D eigenvalue weighted by Gasteiger charge is -2.15. The number of pyridine rings is 1. The highest BCUT2D eigenvalue weighted by molar-refractivity contribution is 7.99. The van der Waals surface area contributed by atoms with Crippen molar-refractivity contribution in [1.29, 1.82) is 0 Å². The molecular weight excluding hydrogens is 460 g/mol. The van der Waals surface area contributed by atoms with E-state index < -0.39 is 0 Å². The fourth-order valence-electron chi connectivity index (χ4n) is 3.48. The third-order valence-corrected chi connectivity index (χ3v) is 6.30. The average molecular weight is 483 g/mol. The smallest absolute Gasteiger partial charge is 0.164 e. The topological polar surface area (TPSA) is 89.4 Å². The Morgan fingerprint density at radius 2 is 1.77 bits per heavy atom. The van der Waals surface area contributed by atoms with Crippen LogP contribution in [0.3, 0.4) is 0 Å². The third kappa shape index (κ3) is 5.44. The molecular formula is C27H22N4O3S. The summed E-state index contributed by atoms with van der Waals surface area (Å²) in [7, 11) is 1.65. The van der Waals surface area contributed by atoms with Crippen molar-refractivity contribution in [2.45, 2.75) is 16.4 Å². The van der Waals surface area contributed by atoms with Gasteiger partial charge >= 0.3 is 0 Å². The minimum atomic E-state index is 0.231. The zero-order chi connectivity index (χ0) is 24.0. The number of anilines is 2. The Hall–Kier alpha value is -4.30. The van der Waals surface area contributed by atoms with Crippen LogP contribution in [-0.2, 0) is 6.61 Å². The van der Waals surface area contributed by atoms with E-state index in [0.29, 0.717) is 23.8 Å². The van der Waals surface area contributed by atoms with E-state index in [2.05, 4.69) is 20.3 Å². The molecule has 0 unspecified atom stereocenters. The van der Waals surface area contributed by atoms with Crippen LogP contribution in [-0.4, -0.2) is 27.2 Å². The number of aromatic nitrogens is 3. The summed E-state index contributed by atoms with van der Waals surface area (Å²) < 4.78 is 11.4. The van der Waals surface area contributed by atoms with E-state index in [-0.39, 0.29) is 5.75 Å². The van der Waals surface area contributed by atoms with Crippen molar-refractivity contribution in [3.63, 3.8) is 0 Å². The number of nitrogens with one attached hydrogen (secondary N) is 1. The van der Waals surface area contributed by atoms with Gasteiger partial charge in [-0.05, 0) is 66.2 Å². The van der Waals surface area contributed by atoms with Gasteiger partial charge in [0, 0.05) is 22.1 Å². The second-order valence-corrected chi connectivity index (χ2v) is 8.73. The van der Waals surface area contributed by atoms with Gasteiger partial charge in [0.2, 0.25) is 0 Å². The van der Waals surface area contributed by atoms with Crippen molar-refractivity contribution in [1.82, 2.24) is 15.0 Å². The molecule has 0 aliphatic carbocycles. The highest BCUT2D eigenvalue weighted by Gasteiger charge is 2.11. The summed E-state index contributed by atoms with van der Waals surface area (Å²) in [6.07, 6.45) is 3.20. The number of fused-ring (bicyclic) bond motifs is 1. The number of hydrogen-bond acceptors (Lipinski definition) is 8. The van der Waals surface area contributed by atoms with Crippen molar-refractivity contribution >= 4 is 34.3 Å². The first-order valence-corrected chi connectivity index (χ1v) is 11.7. The zero-order valence-electron chi connectivity index (χ0n) is 18.9. The van der Waals surface area contributed by atoms with Crippen molar-refractivity contribution in [3.05, 3.63) is 97.0 Å². The number of benzene rings is 3. The summed E-state index contributed by atoms with van der Waals surface area (Å²) in [5.41, 5.74) is 2.45. The van der Waals surface area contributed by atoms with Gasteiger partial charge in [-0.1, -0.05) is 23.9 Å². The monoisotopic (exact) mass is 482 g/mol. The normalized spacial score (nSPS) is 10.8. The summed E-state index contributed by atoms with van der Waals surface area (Å²) in [6.45, 7) is 0.404. The summed E-state index contributed by atoms with van der Waals surface area (Å²) in [5.74, 6) is 2.38. The van der Waals surface area contributed by atoms with Gasteiger partial charge in [-0.15, -0.1) is 0 Å². The van der Waals surface area contributed by atoms with Crippen LogP contribution in [0.2, 0.25) is 0 Å². The van der Waals surface area contributed by atoms with Crippen molar-refractivity contribution in [2.75, 3.05) is 12.4 Å². The van der Waals surface area contributed by atoms with Gasteiger partial charge in [-0.25, -0.2) is 15.0 Å². The first kappa shape index (κ1) is 22.5. The van der Waals surface area contributed by atoms with Crippen LogP contribution in [0.25, 0.3) is 11.0 Å². The molecule has 2 N–H and O–H groups in total. The van der Waals surface area contributed by atoms with Crippen molar-refractivity contribution in [2.24, 2.45) is 0 Å². The Labute approximate surface area is 206 Å². The largest absolute Gasteiger partial charge is 0.508 e. The highest BCUT2D eigenvalue weighted by atomic mass is 32.2. The lowest BCUT2D eigenvalue weighted by molar-refractivity contribution is 0.305. The van der Waals surface area contributed by atoms with Crippen molar-refractivity contribution < 1.29 is 14.6 Å². The molecule has 0 bridgehead atoms. The zero-order valence-corrected chi connectivity index (χ0v) is 19.7. The Morgan fingerprint density at radius 3 is 2.63 bits per heavy atom. The molecule has 0 saturated heterocycles. The second-order valence-electron chi connectivity index (χ2n) is 7.62. The summed E-state index contributed by atoms with van der Waals surface area (Å²) in [5, 5.41) is 13.9. The van der Waals surface area contributed by atoms with E-state index in [1.165, 1.54) is 6.33 Å². The van der Waals surface area contributed by atoms with Gasteiger partial charge < -0.3 is 19.9 Å². The van der Waals surface area contributed by atoms with Crippen LogP contribution in [0.1, 0.15) is 5.56 Å². The minimum absolute atomic E-state index is 0.231. The molecule has 3 aromatic carbocycles. The molecule has 5 aromatic rings. The van der Waals surface area contributed by atoms with E-state index in [0.717, 1.165) is 32.2 Å². The van der Waals surface area contributed by atoms with Gasteiger partial charge in [0.25, 0.3) is 0 Å². The van der Waals surface area contributed by atoms with Crippen LogP contribution >= 0.6 is 11.8 Å². The number of aromatic hydroxyl groups is 1. The molecule has 174 valence electrons. The summed E-state index contributed by atoms with van der Waals surface area (Å²) in [4.78, 5) is 15.0. The van der Waals surface area contributed by atoms with E-state index >= 15 is 0 Å². The molecule has 7 nitrogen and oxygen atoms in total. The standard InChI is InChI=1S/C27H22N4O3S/c1-33-20-5-2-4-18(14-20)16-34-21-9-12-25(35-22-10-7-19(32)8-11-22)24(15-21)31-27-23-6-3-13-28-26(23)29-17-30-27/h2-15,17,32H,16H2,1H3,(H,28,29,30,31). The Balaban J connectivity index is 1.46. The number of methoxy groups -OCH3 is 1. The molecule has 0 fully saturated rings. The van der Waals surface area contributed by atoms with Gasteiger partial charge in [0.1, 0.15) is 36.0 Å². The first-order chi connectivity index (χ1) is 17.2. The maximum absolute atomic E-state index is 9.63. The average Bonchev–Trinajstić information content (AvgIpc) is 2.90. The van der Waals surface area contributed by atoms with Crippen LogP contribution in [0.5, 0.6) is 17.2 Å². The molecule has 5 rings (SSSR count). The summed E-state index contributed by atoms with van der Waals surface area (Å²) in [6, 6.07) is 24.6. The van der Waals surface area contributed by atoms with Crippen molar-refractivity contribution in [3.8, 4) is 17.2 Å². The number of nitrogens with zero attached hydrogens (tertiary/aromatic N) is 3. The van der Waals surface area contributed by atoms with Gasteiger partial charge in [0.05, 0.1) is 18.2 Å². The molecule has 0 atom stereocenters. The van der Waals surface area contributed by atoms with Crippen LogP contribution in [0.15, 0.2) is 101 Å². The molecule has 8 heteroatoms. The van der Waals surface area contributed by atoms with E-state index in [1.807, 2.05) is 66.7 Å². The number of phenolic OH excluding ortho intramolecular Hbond substituents is 1. The SMILES string of the molecule is COc1cccc(COc2ccc(Sc3ccc(O)cc3)c(Nc3ncnc4ncccc34)c2)c1. The van der Waals surface area contributed by atoms with Gasteiger partial charge in [-0.3, -0.25) is 0 Å². The van der Waals surface area contributed by atoms with Crippen LogP contribution in [0.4, 0.5) is 11.5 Å². The lowest BCUT2D eigenvalue weighted by Crippen LogP contribution is -2.00. The fraction of sp³-hybridized carbons (Fsp3) is 0.0741. The molecule has 0 saturated carbocycles. The Morgan fingerprint density at radius 1 is 0.886 bits per heavy atom. The van der Waals surface area contributed by atoms with Crippen LogP contribution in [0, 0.1) is 0 Å². The van der Waals surface area contributed by atoms with Gasteiger partial charge in [-0.2, -0.15) is 0 Å². The minimum Gasteiger partial charge on any atom is -0.508 e. The molecule has 0 amide bonds. The van der Waals surface area contributed by atoms with Gasteiger partial charge in [0.15, 0.2) is 5.65 Å².